The predicted molar refractivity (Wildman–Crippen MR) is 112 cm³/mol. The Morgan fingerprint density at radius 3 is 2.87 bits per heavy atom. The average Bonchev–Trinajstić information content (AvgIpc) is 3.22. The molecule has 0 saturated heterocycles. The number of aliphatic imine (C=N–C) groups is 1. The number of nitrogens with one attached hydrogen (secondary N) is 1. The Labute approximate surface area is 176 Å². The van der Waals surface area contributed by atoms with Crippen LogP contribution in [0.2, 0.25) is 0 Å². The average molecular weight is 434 g/mol. The van der Waals surface area contributed by atoms with Gasteiger partial charge in [-0.1, -0.05) is 29.8 Å². The summed E-state index contributed by atoms with van der Waals surface area (Å²) in [5.74, 6) is 0.384. The number of aryl methyl sites for hydroxylation is 1. The number of rotatable bonds is 6. The van der Waals surface area contributed by atoms with Gasteiger partial charge in [-0.2, -0.15) is 8.42 Å². The number of amidine groups is 1. The summed E-state index contributed by atoms with van der Waals surface area (Å²) < 4.78 is 26.6. The zero-order valence-corrected chi connectivity index (χ0v) is 17.5. The van der Waals surface area contributed by atoms with E-state index in [0.29, 0.717) is 31.5 Å². The molecule has 2 aliphatic carbocycles. The number of amides is 1. The minimum atomic E-state index is -4.02. The number of aliphatic hydroxyl groups excluding tert-OH is 1. The van der Waals surface area contributed by atoms with E-state index < -0.39 is 16.4 Å². The molecule has 0 radical (unpaired) electrons. The molecule has 30 heavy (non-hydrogen) atoms. The first-order valence-corrected chi connectivity index (χ1v) is 11.7. The molecule has 4 N–H and O–H groups in total. The normalized spacial score (nSPS) is 30.3. The van der Waals surface area contributed by atoms with E-state index in [2.05, 4.69) is 21.6 Å². The van der Waals surface area contributed by atoms with Gasteiger partial charge in [-0.3, -0.25) is 14.0 Å². The van der Waals surface area contributed by atoms with Crippen LogP contribution in [0.15, 0.2) is 40.9 Å². The molecule has 1 unspecified atom stereocenters. The van der Waals surface area contributed by atoms with Crippen LogP contribution in [0.3, 0.4) is 0 Å². The maximum absolute atomic E-state index is 12.2. The van der Waals surface area contributed by atoms with Gasteiger partial charge in [-0.25, -0.2) is 5.14 Å². The number of nitrogens with two attached hydrogens (primary N) is 1. The van der Waals surface area contributed by atoms with E-state index >= 15 is 0 Å². The minimum Gasteiger partial charge on any atom is -0.393 e. The number of fused-ring (bicyclic) bond motifs is 1. The third-order valence-corrected chi connectivity index (χ3v) is 6.61. The Balaban J connectivity index is 1.42. The van der Waals surface area contributed by atoms with Gasteiger partial charge in [0.1, 0.15) is 5.84 Å². The summed E-state index contributed by atoms with van der Waals surface area (Å²) in [4.78, 5) is 17.0. The Morgan fingerprint density at radius 1 is 1.27 bits per heavy atom. The van der Waals surface area contributed by atoms with E-state index in [9.17, 15) is 18.3 Å². The molecule has 1 amide bonds. The number of carbonyl (C=O) groups excluding carboxylic acids is 1. The number of nitrogens with zero attached hydrogens (tertiary/aromatic N) is 1. The molecule has 1 aromatic rings. The fourth-order valence-corrected chi connectivity index (χ4v) is 5.19. The van der Waals surface area contributed by atoms with E-state index in [-0.39, 0.29) is 30.4 Å². The largest absolute Gasteiger partial charge is 0.393 e. The highest BCUT2D eigenvalue weighted by atomic mass is 32.2. The fraction of sp³-hybridized carbons (Fsp3) is 0.524. The van der Waals surface area contributed by atoms with Crippen molar-refractivity contribution in [3.05, 3.63) is 47.0 Å². The summed E-state index contributed by atoms with van der Waals surface area (Å²) in [5, 5.41) is 18.0. The summed E-state index contributed by atoms with van der Waals surface area (Å²) in [6.45, 7) is -0.121. The fourth-order valence-electron chi connectivity index (χ4n) is 4.83. The number of carbonyl (C=O) groups is 1. The van der Waals surface area contributed by atoms with E-state index in [1.54, 1.807) is 0 Å². The molecule has 1 fully saturated rings. The van der Waals surface area contributed by atoms with Crippen molar-refractivity contribution in [3.8, 4) is 0 Å². The first-order valence-electron chi connectivity index (χ1n) is 10.3. The van der Waals surface area contributed by atoms with Gasteiger partial charge >= 0.3 is 10.3 Å². The summed E-state index contributed by atoms with van der Waals surface area (Å²) in [6, 6.07) is 8.32. The molecule has 8 nitrogen and oxygen atoms in total. The summed E-state index contributed by atoms with van der Waals surface area (Å²) in [5.41, 5.74) is 3.51. The van der Waals surface area contributed by atoms with Crippen molar-refractivity contribution in [2.75, 3.05) is 6.61 Å². The third kappa shape index (κ3) is 5.15. The van der Waals surface area contributed by atoms with Gasteiger partial charge in [0.2, 0.25) is 5.91 Å². The van der Waals surface area contributed by atoms with Crippen molar-refractivity contribution in [3.63, 3.8) is 0 Å². The Bertz CT molecular complexity index is 988. The molecule has 1 aromatic carbocycles. The van der Waals surface area contributed by atoms with Crippen molar-refractivity contribution < 1.29 is 22.5 Å². The van der Waals surface area contributed by atoms with E-state index in [4.69, 9.17) is 10.1 Å². The predicted octanol–water partition coefficient (Wildman–Crippen LogP) is 1.52. The lowest BCUT2D eigenvalue weighted by atomic mass is 9.93. The smallest absolute Gasteiger partial charge is 0.333 e. The molecule has 0 spiro atoms. The summed E-state index contributed by atoms with van der Waals surface area (Å²) in [7, 11) is -4.02. The second-order valence-corrected chi connectivity index (χ2v) is 9.66. The van der Waals surface area contributed by atoms with E-state index in [1.165, 1.54) is 11.1 Å². The molecule has 0 bridgehead atoms. The van der Waals surface area contributed by atoms with Gasteiger partial charge in [-0.05, 0) is 55.2 Å². The second kappa shape index (κ2) is 8.58. The van der Waals surface area contributed by atoms with Gasteiger partial charge in [0.25, 0.3) is 0 Å². The van der Waals surface area contributed by atoms with Gasteiger partial charge in [0.05, 0.1) is 18.8 Å². The summed E-state index contributed by atoms with van der Waals surface area (Å²) in [6.07, 6.45) is 5.37. The molecule has 4 atom stereocenters. The van der Waals surface area contributed by atoms with E-state index in [1.807, 2.05) is 18.2 Å². The first-order chi connectivity index (χ1) is 14.3. The van der Waals surface area contributed by atoms with Gasteiger partial charge in [-0.15, -0.1) is 0 Å². The minimum absolute atomic E-state index is 0.0557. The zero-order valence-electron chi connectivity index (χ0n) is 16.7. The Hall–Kier alpha value is -2.07. The monoisotopic (exact) mass is 433 g/mol. The van der Waals surface area contributed by atoms with Crippen LogP contribution in [0, 0.1) is 11.8 Å². The molecule has 3 aliphatic rings. The molecule has 162 valence electrons. The van der Waals surface area contributed by atoms with Crippen LogP contribution in [0.1, 0.15) is 49.3 Å². The molecule has 1 aliphatic heterocycles. The van der Waals surface area contributed by atoms with E-state index in [0.717, 1.165) is 18.4 Å². The molecule has 0 aromatic heterocycles. The lowest BCUT2D eigenvalue weighted by Crippen LogP contribution is -2.34. The van der Waals surface area contributed by atoms with Gasteiger partial charge in [0, 0.05) is 12.3 Å². The number of hydrogen-bond acceptors (Lipinski definition) is 6. The maximum Gasteiger partial charge on any atom is 0.333 e. The lowest BCUT2D eigenvalue weighted by molar-refractivity contribution is -0.119. The maximum atomic E-state index is 12.2. The van der Waals surface area contributed by atoms with Crippen molar-refractivity contribution >= 4 is 22.0 Å². The summed E-state index contributed by atoms with van der Waals surface area (Å²) >= 11 is 0. The van der Waals surface area contributed by atoms with Crippen molar-refractivity contribution in [1.82, 2.24) is 5.32 Å². The molecule has 1 saturated carbocycles. The van der Waals surface area contributed by atoms with Crippen molar-refractivity contribution in [1.29, 1.82) is 0 Å². The SMILES string of the molecule is NS(=O)(=O)OC[C@@H]1C[C@@H](CC2=CC(=NC3CCc4ccccc43)NC(=O)C2)C[C@@H]1O. The number of hydrogen-bond donors (Lipinski definition) is 3. The molecular formula is C21H27N3O5S. The van der Waals surface area contributed by atoms with Crippen LogP contribution in [-0.4, -0.2) is 38.0 Å². The second-order valence-electron chi connectivity index (χ2n) is 8.44. The van der Waals surface area contributed by atoms with Gasteiger partial charge < -0.3 is 10.4 Å². The zero-order chi connectivity index (χ0) is 21.3. The highest BCUT2D eigenvalue weighted by Gasteiger charge is 2.35. The third-order valence-electron chi connectivity index (χ3n) is 6.14. The first kappa shape index (κ1) is 21.2. The van der Waals surface area contributed by atoms with Gasteiger partial charge in [0.15, 0.2) is 0 Å². The molecule has 4 rings (SSSR count). The lowest BCUT2D eigenvalue weighted by Gasteiger charge is -2.19. The quantitative estimate of drug-likeness (QED) is 0.626. The number of benzene rings is 1. The van der Waals surface area contributed by atoms with Crippen LogP contribution in [0.4, 0.5) is 0 Å². The highest BCUT2D eigenvalue weighted by molar-refractivity contribution is 7.84. The van der Waals surface area contributed by atoms with Crippen molar-refractivity contribution in [2.45, 2.75) is 50.7 Å². The Morgan fingerprint density at radius 2 is 2.07 bits per heavy atom. The van der Waals surface area contributed by atoms with Crippen LogP contribution in [0.5, 0.6) is 0 Å². The molecule has 9 heteroatoms. The molecular weight excluding hydrogens is 406 g/mol. The number of aliphatic hydroxyl groups is 1. The molecule has 1 heterocycles. The van der Waals surface area contributed by atoms with Crippen LogP contribution in [0.25, 0.3) is 0 Å². The highest BCUT2D eigenvalue weighted by Crippen LogP contribution is 2.37. The standard InChI is InChI=1S/C21H27N3O5S/c22-30(27,28)29-12-16-8-13(9-19(16)25)7-14-10-20(24-21(26)11-14)23-18-6-5-15-3-1-2-4-17(15)18/h1-4,10,13,16,18-19,25H,5-9,11-12H2,(H2,22,27,28)(H,23,24,26)/t13-,16+,18?,19+/m1/s1. The topological polar surface area (TPSA) is 131 Å². The van der Waals surface area contributed by atoms with Crippen molar-refractivity contribution in [2.24, 2.45) is 22.0 Å². The van der Waals surface area contributed by atoms with Crippen LogP contribution < -0.4 is 10.5 Å². The van der Waals surface area contributed by atoms with Crippen LogP contribution in [-0.2, 0) is 25.7 Å². The Kier molecular flexibility index (Phi) is 6.06. The van der Waals surface area contributed by atoms with Crippen LogP contribution >= 0.6 is 0 Å².